The number of anilines is 1. The van der Waals surface area contributed by atoms with E-state index in [4.69, 9.17) is 0 Å². The lowest BCUT2D eigenvalue weighted by atomic mass is 9.86. The number of para-hydroxylation sites is 1. The summed E-state index contributed by atoms with van der Waals surface area (Å²) < 4.78 is 28.4. The Morgan fingerprint density at radius 3 is 2.37 bits per heavy atom. The Morgan fingerprint density at radius 2 is 1.73 bits per heavy atom. The highest BCUT2D eigenvalue weighted by Gasteiger charge is 2.29. The number of piperidine rings is 1. The molecule has 1 saturated heterocycles. The number of halogens is 1. The molecule has 0 aliphatic carbocycles. The van der Waals surface area contributed by atoms with Gasteiger partial charge in [-0.25, -0.2) is 8.42 Å². The number of amides is 1. The highest BCUT2D eigenvalue weighted by Crippen LogP contribution is 2.30. The second kappa shape index (κ2) is 8.81. The molecule has 0 spiro atoms. The summed E-state index contributed by atoms with van der Waals surface area (Å²) in [5.41, 5.74) is 1.91. The van der Waals surface area contributed by atoms with E-state index >= 15 is 0 Å². The number of nitrogens with zero attached hydrogens (tertiary/aromatic N) is 1. The molecule has 0 bridgehead atoms. The standard InChI is InChI=1S/C23H29BrN2O3S/c1-16-9-11-26(12-10-16)30(28,29)19-14-17(13-18(24)15-19)22(27)25-21-8-6-5-7-20(21)23(2,3)4/h5-8,13-16H,9-12H2,1-4H3,(H,25,27). The van der Waals surface area contributed by atoms with Crippen molar-refractivity contribution in [2.45, 2.75) is 50.8 Å². The number of nitrogens with one attached hydrogen (secondary N) is 1. The van der Waals surface area contributed by atoms with Crippen molar-refractivity contribution >= 4 is 37.5 Å². The van der Waals surface area contributed by atoms with Crippen molar-refractivity contribution in [3.8, 4) is 0 Å². The minimum Gasteiger partial charge on any atom is -0.322 e. The molecule has 1 N–H and O–H groups in total. The SMILES string of the molecule is CC1CCN(S(=O)(=O)c2cc(Br)cc(C(=O)Nc3ccccc3C(C)(C)C)c2)CC1. The van der Waals surface area contributed by atoms with Gasteiger partial charge in [0.05, 0.1) is 4.90 Å². The summed E-state index contributed by atoms with van der Waals surface area (Å²) in [6.07, 6.45) is 1.70. The molecule has 5 nitrogen and oxygen atoms in total. The van der Waals surface area contributed by atoms with Gasteiger partial charge in [0.1, 0.15) is 0 Å². The van der Waals surface area contributed by atoms with Crippen molar-refractivity contribution in [2.75, 3.05) is 18.4 Å². The zero-order chi connectivity index (χ0) is 22.1. The molecular formula is C23H29BrN2O3S. The molecule has 1 amide bonds. The van der Waals surface area contributed by atoms with Crippen LogP contribution in [0.1, 0.15) is 56.5 Å². The van der Waals surface area contributed by atoms with Gasteiger partial charge in [0.2, 0.25) is 10.0 Å². The number of carbonyl (C=O) groups is 1. The Hall–Kier alpha value is -1.70. The largest absolute Gasteiger partial charge is 0.322 e. The van der Waals surface area contributed by atoms with Crippen LogP contribution in [0.2, 0.25) is 0 Å². The Kier molecular flexibility index (Phi) is 6.75. The van der Waals surface area contributed by atoms with E-state index in [1.165, 1.54) is 10.4 Å². The van der Waals surface area contributed by atoms with E-state index in [1.807, 2.05) is 24.3 Å². The third-order valence-electron chi connectivity index (χ3n) is 5.50. The first kappa shape index (κ1) is 23.0. The first-order chi connectivity index (χ1) is 14.0. The van der Waals surface area contributed by atoms with Crippen molar-refractivity contribution in [2.24, 2.45) is 5.92 Å². The summed E-state index contributed by atoms with van der Waals surface area (Å²) in [7, 11) is -3.64. The fraction of sp³-hybridized carbons (Fsp3) is 0.435. The molecule has 0 radical (unpaired) electrons. The second-order valence-electron chi connectivity index (χ2n) is 9.01. The molecule has 162 valence electrons. The van der Waals surface area contributed by atoms with Gasteiger partial charge in [0.25, 0.3) is 5.91 Å². The van der Waals surface area contributed by atoms with Crippen LogP contribution in [0, 0.1) is 5.92 Å². The number of rotatable bonds is 4. The zero-order valence-corrected chi connectivity index (χ0v) is 20.3. The molecule has 0 unspecified atom stereocenters. The summed E-state index contributed by atoms with van der Waals surface area (Å²) in [6, 6.07) is 12.3. The second-order valence-corrected chi connectivity index (χ2v) is 11.9. The van der Waals surface area contributed by atoms with Gasteiger partial charge in [-0.1, -0.05) is 61.8 Å². The van der Waals surface area contributed by atoms with Crippen molar-refractivity contribution in [1.82, 2.24) is 4.31 Å². The Balaban J connectivity index is 1.90. The molecule has 2 aromatic carbocycles. The average molecular weight is 493 g/mol. The zero-order valence-electron chi connectivity index (χ0n) is 17.9. The molecule has 30 heavy (non-hydrogen) atoms. The normalized spacial score (nSPS) is 16.4. The lowest BCUT2D eigenvalue weighted by Crippen LogP contribution is -2.38. The molecule has 0 atom stereocenters. The third-order valence-corrected chi connectivity index (χ3v) is 7.83. The van der Waals surface area contributed by atoms with Crippen LogP contribution in [0.5, 0.6) is 0 Å². The van der Waals surface area contributed by atoms with Crippen LogP contribution in [-0.2, 0) is 15.4 Å². The fourth-order valence-corrected chi connectivity index (χ4v) is 5.84. The van der Waals surface area contributed by atoms with Gasteiger partial charge in [-0.2, -0.15) is 4.31 Å². The Labute approximate surface area is 188 Å². The topological polar surface area (TPSA) is 66.5 Å². The van der Waals surface area contributed by atoms with E-state index < -0.39 is 10.0 Å². The maximum atomic E-state index is 13.1. The highest BCUT2D eigenvalue weighted by molar-refractivity contribution is 9.10. The van der Waals surface area contributed by atoms with Crippen molar-refractivity contribution < 1.29 is 13.2 Å². The lowest BCUT2D eigenvalue weighted by molar-refractivity contribution is 0.102. The monoisotopic (exact) mass is 492 g/mol. The van der Waals surface area contributed by atoms with E-state index in [-0.39, 0.29) is 16.2 Å². The number of benzene rings is 2. The van der Waals surface area contributed by atoms with E-state index in [0.29, 0.717) is 29.0 Å². The third kappa shape index (κ3) is 5.13. The van der Waals surface area contributed by atoms with Crippen LogP contribution in [0.25, 0.3) is 0 Å². The van der Waals surface area contributed by atoms with Gasteiger partial charge in [-0.15, -0.1) is 0 Å². The molecule has 1 heterocycles. The smallest absolute Gasteiger partial charge is 0.255 e. The molecule has 0 saturated carbocycles. The Morgan fingerprint density at radius 1 is 1.10 bits per heavy atom. The van der Waals surface area contributed by atoms with Gasteiger partial charge < -0.3 is 5.32 Å². The fourth-order valence-electron chi connectivity index (χ4n) is 3.66. The summed E-state index contributed by atoms with van der Waals surface area (Å²) in [4.78, 5) is 13.1. The van der Waals surface area contributed by atoms with E-state index in [1.54, 1.807) is 12.1 Å². The molecular weight excluding hydrogens is 464 g/mol. The first-order valence-electron chi connectivity index (χ1n) is 10.2. The maximum Gasteiger partial charge on any atom is 0.255 e. The maximum absolute atomic E-state index is 13.1. The van der Waals surface area contributed by atoms with Crippen LogP contribution >= 0.6 is 15.9 Å². The highest BCUT2D eigenvalue weighted by atomic mass is 79.9. The number of hydrogen-bond donors (Lipinski definition) is 1. The van der Waals surface area contributed by atoms with Crippen LogP contribution in [0.15, 0.2) is 51.8 Å². The number of hydrogen-bond acceptors (Lipinski definition) is 3. The summed E-state index contributed by atoms with van der Waals surface area (Å²) in [5.74, 6) is 0.194. The average Bonchev–Trinajstić information content (AvgIpc) is 2.67. The minimum absolute atomic E-state index is 0.138. The van der Waals surface area contributed by atoms with E-state index in [0.717, 1.165) is 24.1 Å². The van der Waals surface area contributed by atoms with Crippen molar-refractivity contribution in [3.05, 3.63) is 58.1 Å². The van der Waals surface area contributed by atoms with Gasteiger partial charge >= 0.3 is 0 Å². The molecule has 7 heteroatoms. The van der Waals surface area contributed by atoms with Crippen LogP contribution < -0.4 is 5.32 Å². The molecule has 3 rings (SSSR count). The minimum atomic E-state index is -3.64. The van der Waals surface area contributed by atoms with E-state index in [9.17, 15) is 13.2 Å². The lowest BCUT2D eigenvalue weighted by Gasteiger charge is -2.29. The molecule has 1 aliphatic rings. The summed E-state index contributed by atoms with van der Waals surface area (Å²) in [6.45, 7) is 9.41. The quantitative estimate of drug-likeness (QED) is 0.619. The molecule has 0 aromatic heterocycles. The van der Waals surface area contributed by atoms with Crippen LogP contribution in [0.4, 0.5) is 5.69 Å². The van der Waals surface area contributed by atoms with Crippen molar-refractivity contribution in [1.29, 1.82) is 0 Å². The van der Waals surface area contributed by atoms with Gasteiger partial charge in [0.15, 0.2) is 0 Å². The van der Waals surface area contributed by atoms with Gasteiger partial charge in [-0.3, -0.25) is 4.79 Å². The number of sulfonamides is 1. The molecule has 1 fully saturated rings. The first-order valence-corrected chi connectivity index (χ1v) is 12.4. The predicted molar refractivity (Wildman–Crippen MR) is 124 cm³/mol. The Bertz CT molecular complexity index is 1040. The van der Waals surface area contributed by atoms with Crippen molar-refractivity contribution in [3.63, 3.8) is 0 Å². The van der Waals surface area contributed by atoms with Crippen LogP contribution in [-0.4, -0.2) is 31.7 Å². The predicted octanol–water partition coefficient (Wildman–Crippen LogP) is 5.42. The molecule has 2 aromatic rings. The summed E-state index contributed by atoms with van der Waals surface area (Å²) in [5, 5.41) is 2.96. The van der Waals surface area contributed by atoms with Gasteiger partial charge in [0, 0.05) is 28.8 Å². The number of carbonyl (C=O) groups excluding carboxylic acids is 1. The van der Waals surface area contributed by atoms with Crippen LogP contribution in [0.3, 0.4) is 0 Å². The van der Waals surface area contributed by atoms with E-state index in [2.05, 4.69) is 48.9 Å². The summed E-state index contributed by atoms with van der Waals surface area (Å²) >= 11 is 3.38. The molecule has 1 aliphatic heterocycles. The van der Waals surface area contributed by atoms with Gasteiger partial charge in [-0.05, 0) is 54.0 Å².